The van der Waals surface area contributed by atoms with Crippen LogP contribution in [0.15, 0.2) is 0 Å². The Morgan fingerprint density at radius 3 is 2.40 bits per heavy atom. The fraction of sp³-hybridized carbons (Fsp3) is 1.00. The molecule has 0 aromatic rings. The van der Waals surface area contributed by atoms with Crippen LogP contribution in [0.5, 0.6) is 0 Å². The largest absolute Gasteiger partial charge is 0.317 e. The van der Waals surface area contributed by atoms with Gasteiger partial charge in [0.05, 0.1) is 0 Å². The monoisotopic (exact) mass is 210 g/mol. The molecule has 0 radical (unpaired) electrons. The maximum absolute atomic E-state index is 3.61. The summed E-state index contributed by atoms with van der Waals surface area (Å²) in [4.78, 5) is 0. The molecule has 2 saturated carbocycles. The lowest BCUT2D eigenvalue weighted by Crippen LogP contribution is -2.26. The molecule has 0 heterocycles. The van der Waals surface area contributed by atoms with E-state index < -0.39 is 0 Å². The first kappa shape index (κ1) is 11.4. The van der Waals surface area contributed by atoms with E-state index in [2.05, 4.69) is 17.6 Å². The molecule has 0 bridgehead atoms. The van der Waals surface area contributed by atoms with E-state index >= 15 is 0 Å². The summed E-state index contributed by atoms with van der Waals surface area (Å²) in [5, 5.41) is 7.04. The zero-order valence-corrected chi connectivity index (χ0v) is 10.1. The summed E-state index contributed by atoms with van der Waals surface area (Å²) < 4.78 is 0. The van der Waals surface area contributed by atoms with Crippen molar-refractivity contribution in [2.24, 2.45) is 17.8 Å². The average Bonchev–Trinajstić information content (AvgIpc) is 2.85. The van der Waals surface area contributed by atoms with Crippen molar-refractivity contribution in [1.29, 1.82) is 0 Å². The lowest BCUT2D eigenvalue weighted by atomic mass is 10.0. The minimum absolute atomic E-state index is 1.01. The molecule has 0 saturated heterocycles. The highest BCUT2D eigenvalue weighted by molar-refractivity contribution is 4.96. The molecule has 0 aliphatic heterocycles. The van der Waals surface area contributed by atoms with E-state index in [9.17, 15) is 0 Å². The van der Waals surface area contributed by atoms with Gasteiger partial charge in [0.2, 0.25) is 0 Å². The van der Waals surface area contributed by atoms with Gasteiger partial charge in [-0.25, -0.2) is 0 Å². The lowest BCUT2D eigenvalue weighted by Gasteiger charge is -2.12. The van der Waals surface area contributed by atoms with Gasteiger partial charge in [-0.2, -0.15) is 0 Å². The standard InChI is InChI=1S/C13H26N2/c1-2-4-14-5-3-6-15-10-11-7-12-9-13(12)8-11/h11-15H,2-10H2,1H3. The van der Waals surface area contributed by atoms with Crippen LogP contribution in [0.3, 0.4) is 0 Å². The van der Waals surface area contributed by atoms with Crippen molar-refractivity contribution < 1.29 is 0 Å². The van der Waals surface area contributed by atoms with Crippen LogP contribution in [0.2, 0.25) is 0 Å². The van der Waals surface area contributed by atoms with Crippen LogP contribution in [0.1, 0.15) is 39.0 Å². The van der Waals surface area contributed by atoms with Gasteiger partial charge in [-0.05, 0) is 76.0 Å². The quantitative estimate of drug-likeness (QED) is 0.599. The Balaban J connectivity index is 1.36. The highest BCUT2D eigenvalue weighted by atomic mass is 14.9. The van der Waals surface area contributed by atoms with Crippen LogP contribution in [0.25, 0.3) is 0 Å². The van der Waals surface area contributed by atoms with Gasteiger partial charge in [0.15, 0.2) is 0 Å². The van der Waals surface area contributed by atoms with Crippen molar-refractivity contribution >= 4 is 0 Å². The molecule has 2 nitrogen and oxygen atoms in total. The molecule has 2 atom stereocenters. The molecule has 15 heavy (non-hydrogen) atoms. The lowest BCUT2D eigenvalue weighted by molar-refractivity contribution is 0.443. The second-order valence-corrected chi connectivity index (χ2v) is 5.40. The normalized spacial score (nSPS) is 33.0. The van der Waals surface area contributed by atoms with E-state index in [1.165, 1.54) is 51.9 Å². The van der Waals surface area contributed by atoms with E-state index in [0.717, 1.165) is 17.8 Å². The second-order valence-electron chi connectivity index (χ2n) is 5.40. The third-order valence-corrected chi connectivity index (χ3v) is 3.91. The zero-order valence-electron chi connectivity index (χ0n) is 10.1. The van der Waals surface area contributed by atoms with Gasteiger partial charge in [-0.1, -0.05) is 6.92 Å². The smallest absolute Gasteiger partial charge is 0.00203 e. The SMILES string of the molecule is CCCNCCCNCC1CC2CC2C1. The first-order chi connectivity index (χ1) is 7.40. The van der Waals surface area contributed by atoms with Crippen LogP contribution in [-0.4, -0.2) is 26.2 Å². The van der Waals surface area contributed by atoms with E-state index in [-0.39, 0.29) is 0 Å². The predicted molar refractivity (Wildman–Crippen MR) is 65.0 cm³/mol. The topological polar surface area (TPSA) is 24.1 Å². The molecule has 2 N–H and O–H groups in total. The molecule has 0 amide bonds. The molecule has 0 aromatic heterocycles. The summed E-state index contributed by atoms with van der Waals surface area (Å²) in [6.07, 6.45) is 7.12. The number of fused-ring (bicyclic) bond motifs is 1. The van der Waals surface area contributed by atoms with Crippen LogP contribution in [0, 0.1) is 17.8 Å². The second kappa shape index (κ2) is 5.86. The Morgan fingerprint density at radius 1 is 0.933 bits per heavy atom. The van der Waals surface area contributed by atoms with E-state index in [1.807, 2.05) is 0 Å². The predicted octanol–water partition coefficient (Wildman–Crippen LogP) is 2.01. The van der Waals surface area contributed by atoms with Gasteiger partial charge >= 0.3 is 0 Å². The summed E-state index contributed by atoms with van der Waals surface area (Å²) >= 11 is 0. The molecule has 2 unspecified atom stereocenters. The minimum Gasteiger partial charge on any atom is -0.317 e. The third kappa shape index (κ3) is 3.76. The van der Waals surface area contributed by atoms with Gasteiger partial charge in [-0.15, -0.1) is 0 Å². The maximum atomic E-state index is 3.61. The fourth-order valence-electron chi connectivity index (χ4n) is 2.95. The Kier molecular flexibility index (Phi) is 4.45. The molecule has 0 aromatic carbocycles. The molecular formula is C13H26N2. The molecule has 2 fully saturated rings. The highest BCUT2D eigenvalue weighted by Crippen LogP contribution is 2.54. The van der Waals surface area contributed by atoms with Gasteiger partial charge in [0.25, 0.3) is 0 Å². The summed E-state index contributed by atoms with van der Waals surface area (Å²) in [5.41, 5.74) is 0. The Labute approximate surface area is 94.2 Å². The summed E-state index contributed by atoms with van der Waals surface area (Å²) in [6, 6.07) is 0. The summed E-state index contributed by atoms with van der Waals surface area (Å²) in [5.74, 6) is 3.29. The molecule has 0 spiro atoms. The zero-order chi connectivity index (χ0) is 10.5. The number of hydrogen-bond acceptors (Lipinski definition) is 2. The van der Waals surface area contributed by atoms with Crippen molar-refractivity contribution in [3.05, 3.63) is 0 Å². The van der Waals surface area contributed by atoms with E-state index in [1.54, 1.807) is 6.42 Å². The average molecular weight is 210 g/mol. The van der Waals surface area contributed by atoms with Gasteiger partial charge in [-0.3, -0.25) is 0 Å². The Morgan fingerprint density at radius 2 is 1.67 bits per heavy atom. The highest BCUT2D eigenvalue weighted by Gasteiger charge is 2.45. The van der Waals surface area contributed by atoms with Gasteiger partial charge < -0.3 is 10.6 Å². The van der Waals surface area contributed by atoms with Gasteiger partial charge in [0, 0.05) is 0 Å². The molecular weight excluding hydrogens is 184 g/mol. The van der Waals surface area contributed by atoms with E-state index in [4.69, 9.17) is 0 Å². The molecule has 2 heteroatoms. The van der Waals surface area contributed by atoms with Crippen molar-refractivity contribution in [1.82, 2.24) is 10.6 Å². The van der Waals surface area contributed by atoms with E-state index in [0.29, 0.717) is 0 Å². The first-order valence-electron chi connectivity index (χ1n) is 6.81. The van der Waals surface area contributed by atoms with Crippen molar-refractivity contribution in [3.63, 3.8) is 0 Å². The van der Waals surface area contributed by atoms with Crippen LogP contribution in [0.4, 0.5) is 0 Å². The molecule has 2 aliphatic rings. The Hall–Kier alpha value is -0.0800. The van der Waals surface area contributed by atoms with Crippen molar-refractivity contribution in [3.8, 4) is 0 Å². The number of rotatable bonds is 8. The maximum Gasteiger partial charge on any atom is -0.00203 e. The molecule has 88 valence electrons. The number of hydrogen-bond donors (Lipinski definition) is 2. The molecule has 2 rings (SSSR count). The van der Waals surface area contributed by atoms with Crippen LogP contribution in [-0.2, 0) is 0 Å². The Bertz CT molecular complexity index is 171. The van der Waals surface area contributed by atoms with Crippen molar-refractivity contribution in [2.75, 3.05) is 26.2 Å². The first-order valence-corrected chi connectivity index (χ1v) is 6.81. The van der Waals surface area contributed by atoms with Crippen molar-refractivity contribution in [2.45, 2.75) is 39.0 Å². The van der Waals surface area contributed by atoms with Crippen LogP contribution >= 0.6 is 0 Å². The summed E-state index contributed by atoms with van der Waals surface area (Å²) in [6.45, 7) is 7.04. The summed E-state index contributed by atoms with van der Waals surface area (Å²) in [7, 11) is 0. The fourth-order valence-corrected chi connectivity index (χ4v) is 2.95. The minimum atomic E-state index is 1.01. The molecule has 2 aliphatic carbocycles. The van der Waals surface area contributed by atoms with Gasteiger partial charge in [0.1, 0.15) is 0 Å². The third-order valence-electron chi connectivity index (χ3n) is 3.91. The number of nitrogens with one attached hydrogen (secondary N) is 2. The van der Waals surface area contributed by atoms with Crippen LogP contribution < -0.4 is 10.6 Å².